The minimum atomic E-state index is -1.87. The molecule has 4 aliphatic rings. The zero-order chi connectivity index (χ0) is 19.4. The Labute approximate surface area is 154 Å². The molecule has 148 valence electrons. The third-order valence-corrected chi connectivity index (χ3v) is 8.84. The summed E-state index contributed by atoms with van der Waals surface area (Å²) in [6, 6.07) is 0. The summed E-state index contributed by atoms with van der Waals surface area (Å²) in [5.41, 5.74) is -4.49. The molecule has 0 aromatic carbocycles. The van der Waals surface area contributed by atoms with E-state index >= 15 is 0 Å². The van der Waals surface area contributed by atoms with Crippen LogP contribution >= 0.6 is 0 Å². The summed E-state index contributed by atoms with van der Waals surface area (Å²) in [6.07, 6.45) is -2.74. The molecule has 4 aliphatic carbocycles. The quantitative estimate of drug-likeness (QED) is 0.333. The summed E-state index contributed by atoms with van der Waals surface area (Å²) in [5.74, 6) is -1.58. The van der Waals surface area contributed by atoms with Gasteiger partial charge in [-0.15, -0.1) is 0 Å². The Bertz CT molecular complexity index is 644. The zero-order valence-corrected chi connectivity index (χ0v) is 15.8. The Hall–Kier alpha value is -0.500. The van der Waals surface area contributed by atoms with Gasteiger partial charge in [0.1, 0.15) is 5.60 Å². The van der Waals surface area contributed by atoms with Crippen molar-refractivity contribution in [2.75, 3.05) is 0 Å². The van der Waals surface area contributed by atoms with E-state index < -0.39 is 58.3 Å². The van der Waals surface area contributed by atoms with Crippen molar-refractivity contribution in [2.45, 2.75) is 82.1 Å². The van der Waals surface area contributed by atoms with E-state index in [1.165, 1.54) is 0 Å². The molecule has 2 bridgehead atoms. The molecule has 0 aromatic rings. The Morgan fingerprint density at radius 1 is 0.962 bits per heavy atom. The SMILES string of the molecule is C=C1C[C@@]23C[C@H](O)[C@@]4(O)[C@@H]([C@@H](O)[C@H](O)C4(C)C)[C@](C)(O)[C@@H]2CC[C@@H]1[C@H]3O. The second-order valence-electron chi connectivity index (χ2n) is 10.2. The van der Waals surface area contributed by atoms with Gasteiger partial charge in [-0.2, -0.15) is 0 Å². The van der Waals surface area contributed by atoms with Gasteiger partial charge in [0.05, 0.1) is 30.0 Å². The summed E-state index contributed by atoms with van der Waals surface area (Å²) in [7, 11) is 0. The second kappa shape index (κ2) is 5.10. The number of hydrogen-bond acceptors (Lipinski definition) is 6. The maximum absolute atomic E-state index is 11.7. The van der Waals surface area contributed by atoms with Gasteiger partial charge in [-0.05, 0) is 38.5 Å². The molecule has 0 unspecified atom stereocenters. The van der Waals surface area contributed by atoms with Gasteiger partial charge in [-0.1, -0.05) is 26.0 Å². The molecule has 0 heterocycles. The predicted octanol–water partition coefficient (Wildman–Crippen LogP) is -0.0557. The fourth-order valence-electron chi connectivity index (χ4n) is 7.48. The lowest BCUT2D eigenvalue weighted by atomic mass is 9.57. The lowest BCUT2D eigenvalue weighted by molar-refractivity contribution is -0.209. The standard InChI is InChI=1S/C20H32O6/c1-9-7-19-8-12(21)20(26)14(13(22)16(24)17(20,2)3)18(4,25)11(19)6-5-10(9)15(19)23/h10-16,21-26H,1,5-8H2,2-4H3/t10-,11-,12-,13+,14-,15+,16-,18+,19+,20+/m0/s1. The topological polar surface area (TPSA) is 121 Å². The van der Waals surface area contributed by atoms with Crippen LogP contribution in [0.3, 0.4) is 0 Å². The predicted molar refractivity (Wildman–Crippen MR) is 93.9 cm³/mol. The van der Waals surface area contributed by atoms with Gasteiger partial charge in [0.25, 0.3) is 0 Å². The van der Waals surface area contributed by atoms with Gasteiger partial charge < -0.3 is 30.6 Å². The van der Waals surface area contributed by atoms with Gasteiger partial charge in [0.15, 0.2) is 0 Å². The van der Waals surface area contributed by atoms with Crippen LogP contribution in [-0.2, 0) is 0 Å². The van der Waals surface area contributed by atoms with Crippen molar-refractivity contribution in [3.63, 3.8) is 0 Å². The van der Waals surface area contributed by atoms with Crippen LogP contribution in [0.15, 0.2) is 12.2 Å². The van der Waals surface area contributed by atoms with E-state index in [-0.39, 0.29) is 12.3 Å². The van der Waals surface area contributed by atoms with Crippen LogP contribution in [0.5, 0.6) is 0 Å². The Morgan fingerprint density at radius 2 is 1.58 bits per heavy atom. The smallest absolute Gasteiger partial charge is 0.106 e. The van der Waals surface area contributed by atoms with Crippen LogP contribution in [0.25, 0.3) is 0 Å². The molecule has 4 rings (SSSR count). The number of aliphatic hydroxyl groups is 6. The third kappa shape index (κ3) is 1.79. The number of fused-ring (bicyclic) bond motifs is 2. The van der Waals surface area contributed by atoms with E-state index in [0.717, 1.165) is 5.57 Å². The molecule has 0 amide bonds. The molecular weight excluding hydrogens is 336 g/mol. The molecule has 10 atom stereocenters. The van der Waals surface area contributed by atoms with Crippen molar-refractivity contribution in [1.29, 1.82) is 0 Å². The molecule has 4 saturated carbocycles. The molecular formula is C20H32O6. The van der Waals surface area contributed by atoms with Crippen molar-refractivity contribution < 1.29 is 30.6 Å². The van der Waals surface area contributed by atoms with Gasteiger partial charge in [0.2, 0.25) is 0 Å². The Balaban J connectivity index is 1.93. The van der Waals surface area contributed by atoms with Crippen LogP contribution in [0.4, 0.5) is 0 Å². The highest BCUT2D eigenvalue weighted by atomic mass is 16.4. The van der Waals surface area contributed by atoms with Crippen molar-refractivity contribution >= 4 is 0 Å². The summed E-state index contributed by atoms with van der Waals surface area (Å²) >= 11 is 0. The first-order chi connectivity index (χ1) is 11.8. The van der Waals surface area contributed by atoms with Crippen molar-refractivity contribution in [2.24, 2.45) is 28.6 Å². The van der Waals surface area contributed by atoms with Crippen LogP contribution in [0.1, 0.15) is 46.5 Å². The molecule has 0 radical (unpaired) electrons. The van der Waals surface area contributed by atoms with Gasteiger partial charge >= 0.3 is 0 Å². The average Bonchev–Trinajstić information content (AvgIpc) is 2.73. The molecule has 26 heavy (non-hydrogen) atoms. The molecule has 6 nitrogen and oxygen atoms in total. The highest BCUT2D eigenvalue weighted by Crippen LogP contribution is 2.68. The number of rotatable bonds is 0. The Kier molecular flexibility index (Phi) is 3.70. The largest absolute Gasteiger partial charge is 0.392 e. The van der Waals surface area contributed by atoms with E-state index in [0.29, 0.717) is 19.3 Å². The fourth-order valence-corrected chi connectivity index (χ4v) is 7.48. The number of aliphatic hydroxyl groups excluding tert-OH is 4. The highest BCUT2D eigenvalue weighted by Gasteiger charge is 2.77. The van der Waals surface area contributed by atoms with Crippen LogP contribution < -0.4 is 0 Å². The van der Waals surface area contributed by atoms with Crippen molar-refractivity contribution in [1.82, 2.24) is 0 Å². The molecule has 6 N–H and O–H groups in total. The third-order valence-electron chi connectivity index (χ3n) is 8.84. The second-order valence-corrected chi connectivity index (χ2v) is 10.2. The van der Waals surface area contributed by atoms with Crippen LogP contribution in [0.2, 0.25) is 0 Å². The molecule has 0 aromatic heterocycles. The molecule has 6 heteroatoms. The maximum atomic E-state index is 11.7. The first-order valence-electron chi connectivity index (χ1n) is 9.68. The lowest BCUT2D eigenvalue weighted by Gasteiger charge is -2.51. The summed E-state index contributed by atoms with van der Waals surface area (Å²) < 4.78 is 0. The lowest BCUT2D eigenvalue weighted by Crippen LogP contribution is -2.62. The van der Waals surface area contributed by atoms with Gasteiger partial charge in [-0.25, -0.2) is 0 Å². The van der Waals surface area contributed by atoms with E-state index in [9.17, 15) is 30.6 Å². The monoisotopic (exact) mass is 368 g/mol. The molecule has 4 fully saturated rings. The number of hydrogen-bond donors (Lipinski definition) is 6. The van der Waals surface area contributed by atoms with E-state index in [1.807, 2.05) is 0 Å². The minimum absolute atomic E-state index is 0.0506. The molecule has 1 spiro atoms. The first kappa shape index (κ1) is 18.8. The normalized spacial score (nSPS) is 61.1. The van der Waals surface area contributed by atoms with Gasteiger partial charge in [0, 0.05) is 22.7 Å². The summed E-state index contributed by atoms with van der Waals surface area (Å²) in [4.78, 5) is 0. The summed E-state index contributed by atoms with van der Waals surface area (Å²) in [5, 5.41) is 66.9. The van der Waals surface area contributed by atoms with Crippen molar-refractivity contribution in [3.05, 3.63) is 12.2 Å². The highest BCUT2D eigenvalue weighted by molar-refractivity contribution is 5.30. The maximum Gasteiger partial charge on any atom is 0.106 e. The van der Waals surface area contributed by atoms with Crippen molar-refractivity contribution in [3.8, 4) is 0 Å². The van der Waals surface area contributed by atoms with E-state index in [4.69, 9.17) is 0 Å². The fraction of sp³-hybridized carbons (Fsp3) is 0.900. The molecule has 0 aliphatic heterocycles. The summed E-state index contributed by atoms with van der Waals surface area (Å²) in [6.45, 7) is 8.91. The Morgan fingerprint density at radius 3 is 2.19 bits per heavy atom. The van der Waals surface area contributed by atoms with E-state index in [1.54, 1.807) is 20.8 Å². The van der Waals surface area contributed by atoms with E-state index in [2.05, 4.69) is 6.58 Å². The van der Waals surface area contributed by atoms with Gasteiger partial charge in [-0.3, -0.25) is 0 Å². The van der Waals surface area contributed by atoms with Crippen LogP contribution in [0, 0.1) is 28.6 Å². The first-order valence-corrected chi connectivity index (χ1v) is 9.68. The van der Waals surface area contributed by atoms with Crippen LogP contribution in [-0.4, -0.2) is 66.3 Å². The zero-order valence-electron chi connectivity index (χ0n) is 15.8. The molecule has 0 saturated heterocycles. The minimum Gasteiger partial charge on any atom is -0.392 e. The average molecular weight is 368 g/mol.